The SMILES string of the molecule is CC.CC1CCC2(CCO2)C1. The molecule has 11 heavy (non-hydrogen) atoms. The predicted octanol–water partition coefficient (Wildman–Crippen LogP) is 2.99. The molecule has 1 aliphatic heterocycles. The third kappa shape index (κ3) is 1.76. The van der Waals surface area contributed by atoms with E-state index < -0.39 is 0 Å². The van der Waals surface area contributed by atoms with Gasteiger partial charge in [-0.25, -0.2) is 0 Å². The van der Waals surface area contributed by atoms with Crippen molar-refractivity contribution in [1.82, 2.24) is 0 Å². The van der Waals surface area contributed by atoms with Gasteiger partial charge < -0.3 is 4.74 Å². The van der Waals surface area contributed by atoms with E-state index in [0.29, 0.717) is 5.60 Å². The van der Waals surface area contributed by atoms with Crippen molar-refractivity contribution in [2.24, 2.45) is 5.92 Å². The van der Waals surface area contributed by atoms with E-state index in [1.165, 1.54) is 25.7 Å². The highest BCUT2D eigenvalue weighted by atomic mass is 16.5. The molecule has 0 bridgehead atoms. The first kappa shape index (κ1) is 9.05. The van der Waals surface area contributed by atoms with Crippen LogP contribution in [0.2, 0.25) is 0 Å². The molecule has 1 saturated heterocycles. The van der Waals surface area contributed by atoms with E-state index in [1.54, 1.807) is 0 Å². The van der Waals surface area contributed by atoms with Gasteiger partial charge in [0.05, 0.1) is 12.2 Å². The smallest absolute Gasteiger partial charge is 0.0707 e. The normalized spacial score (nSPS) is 41.2. The predicted molar refractivity (Wildman–Crippen MR) is 47.7 cm³/mol. The molecule has 2 unspecified atom stereocenters. The first-order chi connectivity index (χ1) is 5.31. The molecule has 0 radical (unpaired) electrons. The summed E-state index contributed by atoms with van der Waals surface area (Å²) in [6.07, 6.45) is 5.37. The molecule has 1 heteroatoms. The third-order valence-electron chi connectivity index (χ3n) is 2.78. The average molecular weight is 156 g/mol. The van der Waals surface area contributed by atoms with Crippen LogP contribution in [0.1, 0.15) is 46.5 Å². The van der Waals surface area contributed by atoms with Crippen LogP contribution >= 0.6 is 0 Å². The summed E-state index contributed by atoms with van der Waals surface area (Å²) in [5.41, 5.74) is 0.388. The van der Waals surface area contributed by atoms with Crippen LogP contribution in [-0.4, -0.2) is 12.2 Å². The molecule has 1 nitrogen and oxygen atoms in total. The number of ether oxygens (including phenoxy) is 1. The molecule has 1 saturated carbocycles. The van der Waals surface area contributed by atoms with Crippen molar-refractivity contribution in [3.8, 4) is 0 Å². The maximum Gasteiger partial charge on any atom is 0.0707 e. The van der Waals surface area contributed by atoms with Gasteiger partial charge in [0.25, 0.3) is 0 Å². The molecule has 66 valence electrons. The Bertz CT molecular complexity index is 116. The van der Waals surface area contributed by atoms with Crippen molar-refractivity contribution < 1.29 is 4.74 Å². The van der Waals surface area contributed by atoms with Crippen molar-refractivity contribution >= 4 is 0 Å². The van der Waals surface area contributed by atoms with Gasteiger partial charge in [-0.2, -0.15) is 0 Å². The summed E-state index contributed by atoms with van der Waals surface area (Å²) in [7, 11) is 0. The van der Waals surface area contributed by atoms with Gasteiger partial charge in [0.15, 0.2) is 0 Å². The molecule has 2 rings (SSSR count). The minimum absolute atomic E-state index is 0.388. The second-order valence-electron chi connectivity index (χ2n) is 3.63. The summed E-state index contributed by atoms with van der Waals surface area (Å²) in [5.74, 6) is 0.922. The van der Waals surface area contributed by atoms with Gasteiger partial charge in [-0.15, -0.1) is 0 Å². The lowest BCUT2D eigenvalue weighted by Gasteiger charge is -2.38. The highest BCUT2D eigenvalue weighted by Gasteiger charge is 2.43. The summed E-state index contributed by atoms with van der Waals surface area (Å²) in [6, 6.07) is 0. The Morgan fingerprint density at radius 3 is 2.09 bits per heavy atom. The maximum atomic E-state index is 5.55. The van der Waals surface area contributed by atoms with Crippen LogP contribution in [0.3, 0.4) is 0 Å². The van der Waals surface area contributed by atoms with Gasteiger partial charge in [0.1, 0.15) is 0 Å². The van der Waals surface area contributed by atoms with E-state index >= 15 is 0 Å². The lowest BCUT2D eigenvalue weighted by molar-refractivity contribution is -0.143. The molecular formula is C10H20O. The van der Waals surface area contributed by atoms with Gasteiger partial charge in [0, 0.05) is 0 Å². The maximum absolute atomic E-state index is 5.55. The summed E-state index contributed by atoms with van der Waals surface area (Å²) in [6.45, 7) is 7.35. The number of rotatable bonds is 0. The molecule has 1 heterocycles. The van der Waals surface area contributed by atoms with E-state index in [2.05, 4.69) is 6.92 Å². The molecule has 2 aliphatic rings. The van der Waals surface area contributed by atoms with Gasteiger partial charge in [0.2, 0.25) is 0 Å². The van der Waals surface area contributed by atoms with Crippen molar-refractivity contribution in [1.29, 1.82) is 0 Å². The van der Waals surface area contributed by atoms with Crippen LogP contribution in [0, 0.1) is 5.92 Å². The van der Waals surface area contributed by atoms with Crippen molar-refractivity contribution in [2.75, 3.05) is 6.61 Å². The van der Waals surface area contributed by atoms with Gasteiger partial charge in [-0.3, -0.25) is 0 Å². The second-order valence-corrected chi connectivity index (χ2v) is 3.63. The Labute approximate surface area is 70.1 Å². The Kier molecular flexibility index (Phi) is 2.94. The zero-order valence-electron chi connectivity index (χ0n) is 8.02. The van der Waals surface area contributed by atoms with Gasteiger partial charge in [-0.05, 0) is 31.6 Å². The van der Waals surface area contributed by atoms with Crippen molar-refractivity contribution in [3.63, 3.8) is 0 Å². The largest absolute Gasteiger partial charge is 0.375 e. The molecular weight excluding hydrogens is 136 g/mol. The zero-order valence-corrected chi connectivity index (χ0v) is 8.02. The standard InChI is InChI=1S/C8H14O.C2H6/c1-7-2-3-8(6-7)4-5-9-8;1-2/h7H,2-6H2,1H3;1-2H3. The molecule has 1 aliphatic carbocycles. The van der Waals surface area contributed by atoms with Crippen LogP contribution in [0.25, 0.3) is 0 Å². The zero-order chi connectivity index (χ0) is 8.32. The lowest BCUT2D eigenvalue weighted by Crippen LogP contribution is -2.40. The van der Waals surface area contributed by atoms with E-state index in [4.69, 9.17) is 4.74 Å². The quantitative estimate of drug-likeness (QED) is 0.524. The van der Waals surface area contributed by atoms with Crippen LogP contribution < -0.4 is 0 Å². The van der Waals surface area contributed by atoms with Crippen LogP contribution in [0.15, 0.2) is 0 Å². The summed E-state index contributed by atoms with van der Waals surface area (Å²) in [4.78, 5) is 0. The van der Waals surface area contributed by atoms with Crippen molar-refractivity contribution in [3.05, 3.63) is 0 Å². The van der Waals surface area contributed by atoms with Crippen LogP contribution in [0.5, 0.6) is 0 Å². The van der Waals surface area contributed by atoms with E-state index in [-0.39, 0.29) is 0 Å². The van der Waals surface area contributed by atoms with Gasteiger partial charge in [-0.1, -0.05) is 20.8 Å². The second kappa shape index (κ2) is 3.57. The highest BCUT2D eigenvalue weighted by molar-refractivity contribution is 4.94. The number of hydrogen-bond donors (Lipinski definition) is 0. The van der Waals surface area contributed by atoms with Gasteiger partial charge >= 0.3 is 0 Å². The Morgan fingerprint density at radius 2 is 1.91 bits per heavy atom. The third-order valence-corrected chi connectivity index (χ3v) is 2.78. The van der Waals surface area contributed by atoms with E-state index in [9.17, 15) is 0 Å². The minimum Gasteiger partial charge on any atom is -0.375 e. The van der Waals surface area contributed by atoms with E-state index in [1.807, 2.05) is 13.8 Å². The Hall–Kier alpha value is -0.0400. The Morgan fingerprint density at radius 1 is 1.27 bits per heavy atom. The average Bonchev–Trinajstić information content (AvgIpc) is 2.35. The van der Waals surface area contributed by atoms with Crippen LogP contribution in [0.4, 0.5) is 0 Å². The monoisotopic (exact) mass is 156 g/mol. The highest BCUT2D eigenvalue weighted by Crippen LogP contribution is 2.44. The molecule has 0 N–H and O–H groups in total. The summed E-state index contributed by atoms with van der Waals surface area (Å²) >= 11 is 0. The fraction of sp³-hybridized carbons (Fsp3) is 1.00. The molecule has 0 aromatic carbocycles. The molecule has 0 aromatic heterocycles. The molecule has 1 spiro atoms. The van der Waals surface area contributed by atoms with Crippen LogP contribution in [-0.2, 0) is 4.74 Å². The molecule has 2 fully saturated rings. The van der Waals surface area contributed by atoms with E-state index in [0.717, 1.165) is 12.5 Å². The lowest BCUT2D eigenvalue weighted by atomic mass is 9.92. The first-order valence-corrected chi connectivity index (χ1v) is 4.95. The molecule has 2 atom stereocenters. The minimum atomic E-state index is 0.388. The molecule has 0 aromatic rings. The molecule has 0 amide bonds. The first-order valence-electron chi connectivity index (χ1n) is 4.95. The fourth-order valence-electron chi connectivity index (χ4n) is 2.10. The Balaban J connectivity index is 0.000000281. The fourth-order valence-corrected chi connectivity index (χ4v) is 2.10. The van der Waals surface area contributed by atoms with Crippen molar-refractivity contribution in [2.45, 2.75) is 52.1 Å². The summed E-state index contributed by atoms with van der Waals surface area (Å²) < 4.78 is 5.55. The number of hydrogen-bond acceptors (Lipinski definition) is 1. The topological polar surface area (TPSA) is 9.23 Å². The summed E-state index contributed by atoms with van der Waals surface area (Å²) in [5, 5.41) is 0.